The van der Waals surface area contributed by atoms with Gasteiger partial charge in [0.1, 0.15) is 23.7 Å². The summed E-state index contributed by atoms with van der Waals surface area (Å²) >= 11 is 0. The number of amides is 1. The van der Waals surface area contributed by atoms with E-state index in [1.54, 1.807) is 17.0 Å². The number of alkyl halides is 1. The van der Waals surface area contributed by atoms with E-state index in [1.165, 1.54) is 6.07 Å². The molecule has 0 N–H and O–H groups in total. The van der Waals surface area contributed by atoms with E-state index < -0.39 is 18.9 Å². The topological polar surface area (TPSA) is 66.2 Å². The smallest absolute Gasteiger partial charge is 0.411 e. The zero-order valence-electron chi connectivity index (χ0n) is 21.3. The van der Waals surface area contributed by atoms with Crippen molar-refractivity contribution >= 4 is 6.09 Å². The van der Waals surface area contributed by atoms with Gasteiger partial charge in [-0.2, -0.15) is 5.26 Å². The molecule has 1 saturated heterocycles. The third-order valence-electron chi connectivity index (χ3n) is 7.01. The highest BCUT2D eigenvalue weighted by atomic mass is 19.1. The first-order valence-corrected chi connectivity index (χ1v) is 12.3. The number of benzene rings is 1. The molecule has 7 heteroatoms. The molecule has 0 saturated carbocycles. The van der Waals surface area contributed by atoms with E-state index in [-0.39, 0.29) is 35.9 Å². The average molecular weight is 492 g/mol. The molecule has 0 radical (unpaired) electrons. The number of halogens is 2. The Kier molecular flexibility index (Phi) is 7.26. The molecule has 1 aromatic heterocycles. The molecule has 1 fully saturated rings. The molecule has 1 aliphatic carbocycles. The summed E-state index contributed by atoms with van der Waals surface area (Å²) in [4.78, 5) is 19.1. The molecule has 0 bridgehead atoms. The van der Waals surface area contributed by atoms with Crippen LogP contribution in [-0.2, 0) is 11.3 Å². The van der Waals surface area contributed by atoms with Gasteiger partial charge in [0.05, 0.1) is 25.0 Å². The number of cyclic esters (lactones) is 1. The molecule has 1 aliphatic heterocycles. The quantitative estimate of drug-likeness (QED) is 0.448. The Hall–Kier alpha value is -3.53. The number of hydrogen-bond donors (Lipinski definition) is 0. The SMILES string of the molecule is CC1=CC([C@H]2OC(=O)N(Cc3nc(C#N)ccc3-c3cc(C(C)C)c(F)cc3C)[C@H]2C)=CC(CF)C1. The van der Waals surface area contributed by atoms with Crippen LogP contribution in [0.15, 0.2) is 47.6 Å². The molecule has 2 heterocycles. The van der Waals surface area contributed by atoms with Gasteiger partial charge in [-0.15, -0.1) is 0 Å². The molecular formula is C29H31F2N3O2. The normalized spacial score (nSPS) is 21.8. The van der Waals surface area contributed by atoms with Crippen molar-refractivity contribution in [2.45, 2.75) is 65.6 Å². The van der Waals surface area contributed by atoms with Gasteiger partial charge in [-0.05, 0) is 79.6 Å². The van der Waals surface area contributed by atoms with Crippen molar-refractivity contribution in [2.24, 2.45) is 5.92 Å². The van der Waals surface area contributed by atoms with E-state index in [0.29, 0.717) is 17.7 Å². The molecule has 36 heavy (non-hydrogen) atoms. The number of nitrogens with zero attached hydrogens (tertiary/aromatic N) is 3. The molecule has 188 valence electrons. The Morgan fingerprint density at radius 2 is 2.00 bits per heavy atom. The number of pyridine rings is 1. The van der Waals surface area contributed by atoms with E-state index >= 15 is 0 Å². The van der Waals surface area contributed by atoms with Gasteiger partial charge in [-0.1, -0.05) is 31.6 Å². The molecule has 5 nitrogen and oxygen atoms in total. The number of ether oxygens (including phenoxy) is 1. The molecule has 0 spiro atoms. The summed E-state index contributed by atoms with van der Waals surface area (Å²) in [5, 5.41) is 9.47. The largest absolute Gasteiger partial charge is 0.439 e. The molecule has 4 rings (SSSR count). The van der Waals surface area contributed by atoms with Crippen LogP contribution in [0, 0.1) is 30.0 Å². The monoisotopic (exact) mass is 491 g/mol. The van der Waals surface area contributed by atoms with Crippen molar-refractivity contribution in [1.29, 1.82) is 5.26 Å². The molecule has 3 atom stereocenters. The second-order valence-corrected chi connectivity index (χ2v) is 10.1. The van der Waals surface area contributed by atoms with Crippen LogP contribution in [0.25, 0.3) is 11.1 Å². The number of hydrogen-bond acceptors (Lipinski definition) is 4. The van der Waals surface area contributed by atoms with E-state index in [2.05, 4.69) is 11.1 Å². The summed E-state index contributed by atoms with van der Waals surface area (Å²) in [5.41, 5.74) is 5.50. The van der Waals surface area contributed by atoms with Gasteiger partial charge in [-0.25, -0.2) is 14.2 Å². The van der Waals surface area contributed by atoms with Crippen LogP contribution in [0.5, 0.6) is 0 Å². The molecule has 1 aromatic carbocycles. The van der Waals surface area contributed by atoms with Gasteiger partial charge in [0.15, 0.2) is 0 Å². The van der Waals surface area contributed by atoms with Crippen molar-refractivity contribution in [3.63, 3.8) is 0 Å². The number of allylic oxidation sites excluding steroid dienone is 2. The molecule has 1 amide bonds. The maximum Gasteiger partial charge on any atom is 0.411 e. The lowest BCUT2D eigenvalue weighted by Gasteiger charge is -2.25. The van der Waals surface area contributed by atoms with E-state index in [0.717, 1.165) is 27.8 Å². The lowest BCUT2D eigenvalue weighted by Crippen LogP contribution is -2.35. The molecule has 2 aromatic rings. The standard InChI is InChI=1S/C29H31F2N3O2/c1-16(2)24-12-25(18(4)10-26(24)31)23-7-6-22(14-32)33-27(23)15-34-19(5)28(36-29(34)35)21-9-17(3)8-20(11-21)13-30/h6-7,9-12,16,19-20,28H,8,13,15H2,1-5H3/t19-,20?,28-/m0/s1. The van der Waals surface area contributed by atoms with Crippen LogP contribution in [0.2, 0.25) is 0 Å². The molecular weight excluding hydrogens is 460 g/mol. The van der Waals surface area contributed by atoms with Gasteiger partial charge < -0.3 is 4.74 Å². The first kappa shape index (κ1) is 25.6. The fourth-order valence-corrected chi connectivity index (χ4v) is 5.08. The average Bonchev–Trinajstić information content (AvgIpc) is 3.12. The van der Waals surface area contributed by atoms with Crippen LogP contribution in [-0.4, -0.2) is 34.8 Å². The van der Waals surface area contributed by atoms with Crippen LogP contribution in [0.3, 0.4) is 0 Å². The zero-order chi connectivity index (χ0) is 26.1. The lowest BCUT2D eigenvalue weighted by atomic mass is 9.88. The maximum atomic E-state index is 14.6. The van der Waals surface area contributed by atoms with Crippen molar-refractivity contribution in [1.82, 2.24) is 9.88 Å². The van der Waals surface area contributed by atoms with Crippen LogP contribution in [0.1, 0.15) is 62.5 Å². The predicted octanol–water partition coefficient (Wildman–Crippen LogP) is 6.76. The number of aromatic nitrogens is 1. The Balaban J connectivity index is 1.71. The van der Waals surface area contributed by atoms with Gasteiger partial charge >= 0.3 is 6.09 Å². The number of nitriles is 1. The highest BCUT2D eigenvalue weighted by molar-refractivity contribution is 5.74. The Labute approximate surface area is 211 Å². The summed E-state index contributed by atoms with van der Waals surface area (Å²) in [6.07, 6.45) is 3.47. The summed E-state index contributed by atoms with van der Waals surface area (Å²) < 4.78 is 33.7. The van der Waals surface area contributed by atoms with Crippen LogP contribution < -0.4 is 0 Å². The first-order valence-electron chi connectivity index (χ1n) is 12.3. The minimum Gasteiger partial charge on any atom is -0.439 e. The molecule has 2 aliphatic rings. The third-order valence-corrected chi connectivity index (χ3v) is 7.01. The van der Waals surface area contributed by atoms with E-state index in [1.807, 2.05) is 52.8 Å². The van der Waals surface area contributed by atoms with Gasteiger partial charge in [0.25, 0.3) is 0 Å². The number of carbonyl (C=O) groups excluding carboxylic acids is 1. The second-order valence-electron chi connectivity index (χ2n) is 10.1. The van der Waals surface area contributed by atoms with Crippen molar-refractivity contribution in [3.05, 3.63) is 75.9 Å². The summed E-state index contributed by atoms with van der Waals surface area (Å²) in [6, 6.07) is 8.51. The summed E-state index contributed by atoms with van der Waals surface area (Å²) in [7, 11) is 0. The Bertz CT molecular complexity index is 1290. The minimum absolute atomic E-state index is 0.0121. The summed E-state index contributed by atoms with van der Waals surface area (Å²) in [5.74, 6) is -0.492. The van der Waals surface area contributed by atoms with Crippen molar-refractivity contribution in [2.75, 3.05) is 6.67 Å². The van der Waals surface area contributed by atoms with Gasteiger partial charge in [0.2, 0.25) is 0 Å². The lowest BCUT2D eigenvalue weighted by molar-refractivity contribution is 0.142. The Morgan fingerprint density at radius 1 is 1.25 bits per heavy atom. The fraction of sp³-hybridized carbons (Fsp3) is 0.414. The molecule has 1 unspecified atom stereocenters. The highest BCUT2D eigenvalue weighted by Gasteiger charge is 2.41. The van der Waals surface area contributed by atoms with Crippen LogP contribution in [0.4, 0.5) is 13.6 Å². The van der Waals surface area contributed by atoms with Crippen molar-refractivity contribution < 1.29 is 18.3 Å². The van der Waals surface area contributed by atoms with Gasteiger partial charge in [0, 0.05) is 11.5 Å². The summed E-state index contributed by atoms with van der Waals surface area (Å²) in [6.45, 7) is 9.21. The highest BCUT2D eigenvalue weighted by Crippen LogP contribution is 2.35. The van der Waals surface area contributed by atoms with E-state index in [4.69, 9.17) is 4.74 Å². The van der Waals surface area contributed by atoms with Gasteiger partial charge in [-0.3, -0.25) is 9.29 Å². The van der Waals surface area contributed by atoms with Crippen molar-refractivity contribution in [3.8, 4) is 17.2 Å². The van der Waals surface area contributed by atoms with E-state index in [9.17, 15) is 18.8 Å². The zero-order valence-corrected chi connectivity index (χ0v) is 21.3. The second kappa shape index (κ2) is 10.2. The van der Waals surface area contributed by atoms with Crippen LogP contribution >= 0.6 is 0 Å². The minimum atomic E-state index is -0.524. The Morgan fingerprint density at radius 3 is 2.67 bits per heavy atom. The first-order chi connectivity index (χ1) is 17.1. The predicted molar refractivity (Wildman–Crippen MR) is 134 cm³/mol. The third kappa shape index (κ3) is 4.90. The number of aryl methyl sites for hydroxylation is 1. The number of carbonyl (C=O) groups is 1. The fourth-order valence-electron chi connectivity index (χ4n) is 5.08. The number of rotatable bonds is 6. The maximum absolute atomic E-state index is 14.6.